The van der Waals surface area contributed by atoms with E-state index in [0.717, 1.165) is 9.36 Å². The summed E-state index contributed by atoms with van der Waals surface area (Å²) >= 11 is 1.35. The Morgan fingerprint density at radius 1 is 1.21 bits per heavy atom. The maximum absolute atomic E-state index is 12.2. The van der Waals surface area contributed by atoms with E-state index in [1.165, 1.54) is 23.3 Å². The van der Waals surface area contributed by atoms with Gasteiger partial charge in [-0.15, -0.1) is 11.3 Å². The highest BCUT2D eigenvalue weighted by Crippen LogP contribution is 2.10. The molecule has 0 bridgehead atoms. The summed E-state index contributed by atoms with van der Waals surface area (Å²) in [4.78, 5) is 39.4. The minimum absolute atomic E-state index is 0.0334. The molecule has 0 radical (unpaired) electrons. The summed E-state index contributed by atoms with van der Waals surface area (Å²) in [7, 11) is 1.53. The number of carbonyl (C=O) groups is 2. The third-order valence-electron chi connectivity index (χ3n) is 3.55. The van der Waals surface area contributed by atoms with E-state index in [1.807, 2.05) is 19.2 Å². The average Bonchev–Trinajstić information content (AvgIpc) is 3.19. The van der Waals surface area contributed by atoms with Gasteiger partial charge in [-0.2, -0.15) is 9.36 Å². The predicted octanol–water partition coefficient (Wildman–Crippen LogP) is -0.183. The number of aromatic nitrogens is 4. The lowest BCUT2D eigenvalue weighted by molar-refractivity contribution is -0.139. The van der Waals surface area contributed by atoms with Crippen molar-refractivity contribution in [1.29, 1.82) is 0 Å². The largest absolute Gasteiger partial charge is 0.369 e. The Labute approximate surface area is 143 Å². The van der Waals surface area contributed by atoms with Crippen LogP contribution in [0.1, 0.15) is 13.8 Å². The highest BCUT2D eigenvalue weighted by Gasteiger charge is 2.19. The number of hydrogen-bond donors (Lipinski definition) is 0. The van der Waals surface area contributed by atoms with Crippen molar-refractivity contribution in [1.82, 2.24) is 29.6 Å². The van der Waals surface area contributed by atoms with Crippen molar-refractivity contribution in [2.75, 3.05) is 26.7 Å². The van der Waals surface area contributed by atoms with E-state index in [4.69, 9.17) is 0 Å². The summed E-state index contributed by atoms with van der Waals surface area (Å²) < 4.78 is 2.12. The van der Waals surface area contributed by atoms with Gasteiger partial charge in [0.2, 0.25) is 11.8 Å². The summed E-state index contributed by atoms with van der Waals surface area (Å²) in [6.45, 7) is 4.65. The Kier molecular flexibility index (Phi) is 5.85. The molecule has 0 saturated heterocycles. The first-order valence-corrected chi connectivity index (χ1v) is 8.44. The third kappa shape index (κ3) is 3.88. The molecule has 0 spiro atoms. The first-order valence-electron chi connectivity index (χ1n) is 7.56. The van der Waals surface area contributed by atoms with Crippen LogP contribution in [0.3, 0.4) is 0 Å². The lowest BCUT2D eigenvalue weighted by Gasteiger charge is -2.23. The molecule has 0 atom stereocenters. The zero-order valence-corrected chi connectivity index (χ0v) is 14.7. The maximum atomic E-state index is 12.2. The molecule has 2 rings (SSSR count). The summed E-state index contributed by atoms with van der Waals surface area (Å²) in [6.07, 6.45) is 0. The maximum Gasteiger partial charge on any atom is 0.369 e. The molecule has 9 nitrogen and oxygen atoms in total. The van der Waals surface area contributed by atoms with Crippen LogP contribution in [0.4, 0.5) is 0 Å². The zero-order chi connectivity index (χ0) is 17.7. The Morgan fingerprint density at radius 3 is 2.50 bits per heavy atom. The quantitative estimate of drug-likeness (QED) is 0.689. The van der Waals surface area contributed by atoms with Gasteiger partial charge >= 0.3 is 5.69 Å². The SMILES string of the molecule is CCN(CC)C(=O)CN(C)C(=O)Cn1nnn(-c2cccs2)c1=O. The van der Waals surface area contributed by atoms with Gasteiger partial charge in [-0.05, 0) is 41.8 Å². The number of rotatable bonds is 7. The molecular weight excluding hydrogens is 332 g/mol. The molecule has 130 valence electrons. The first kappa shape index (κ1) is 17.9. The van der Waals surface area contributed by atoms with Gasteiger partial charge in [0.25, 0.3) is 0 Å². The molecular formula is C14H20N6O3S. The van der Waals surface area contributed by atoms with Gasteiger partial charge in [0, 0.05) is 20.1 Å². The number of tetrazole rings is 1. The van der Waals surface area contributed by atoms with Crippen molar-refractivity contribution in [3.63, 3.8) is 0 Å². The molecule has 0 aromatic carbocycles. The van der Waals surface area contributed by atoms with Crippen LogP contribution in [0.2, 0.25) is 0 Å². The van der Waals surface area contributed by atoms with Gasteiger partial charge in [-0.1, -0.05) is 0 Å². The van der Waals surface area contributed by atoms with Gasteiger partial charge in [-0.3, -0.25) is 9.59 Å². The molecule has 0 N–H and O–H groups in total. The second kappa shape index (κ2) is 7.86. The summed E-state index contributed by atoms with van der Waals surface area (Å²) in [6, 6.07) is 3.53. The molecule has 2 heterocycles. The van der Waals surface area contributed by atoms with E-state index in [-0.39, 0.29) is 24.9 Å². The minimum Gasteiger partial charge on any atom is -0.342 e. The first-order chi connectivity index (χ1) is 11.5. The smallest absolute Gasteiger partial charge is 0.342 e. The van der Waals surface area contributed by atoms with Crippen molar-refractivity contribution in [3.8, 4) is 5.00 Å². The molecule has 24 heavy (non-hydrogen) atoms. The average molecular weight is 352 g/mol. The van der Waals surface area contributed by atoms with Gasteiger partial charge in [0.1, 0.15) is 11.5 Å². The van der Waals surface area contributed by atoms with Crippen molar-refractivity contribution in [2.45, 2.75) is 20.4 Å². The van der Waals surface area contributed by atoms with Gasteiger partial charge in [0.05, 0.1) is 6.54 Å². The molecule has 0 fully saturated rings. The van der Waals surface area contributed by atoms with Crippen molar-refractivity contribution in [3.05, 3.63) is 28.0 Å². The Balaban J connectivity index is 2.02. The highest BCUT2D eigenvalue weighted by molar-refractivity contribution is 7.12. The van der Waals surface area contributed by atoms with E-state index in [2.05, 4.69) is 10.4 Å². The van der Waals surface area contributed by atoms with Gasteiger partial charge in [0.15, 0.2) is 0 Å². The molecule has 0 aliphatic carbocycles. The number of amides is 2. The second-order valence-corrected chi connectivity index (χ2v) is 6.02. The predicted molar refractivity (Wildman–Crippen MR) is 89.1 cm³/mol. The molecule has 0 unspecified atom stereocenters. The monoisotopic (exact) mass is 352 g/mol. The number of thiophene rings is 1. The zero-order valence-electron chi connectivity index (χ0n) is 13.9. The molecule has 0 aliphatic rings. The molecule has 2 amide bonds. The fourth-order valence-electron chi connectivity index (χ4n) is 2.12. The van der Waals surface area contributed by atoms with Crippen LogP contribution >= 0.6 is 11.3 Å². The van der Waals surface area contributed by atoms with Crippen LogP contribution in [-0.4, -0.2) is 68.1 Å². The lowest BCUT2D eigenvalue weighted by Crippen LogP contribution is -2.42. The fourth-order valence-corrected chi connectivity index (χ4v) is 2.79. The van der Waals surface area contributed by atoms with Crippen LogP contribution in [0, 0.1) is 0 Å². The molecule has 2 aromatic rings. The van der Waals surface area contributed by atoms with Crippen LogP contribution < -0.4 is 5.69 Å². The Morgan fingerprint density at radius 2 is 1.92 bits per heavy atom. The van der Waals surface area contributed by atoms with Crippen molar-refractivity contribution < 1.29 is 9.59 Å². The molecule has 2 aromatic heterocycles. The van der Waals surface area contributed by atoms with E-state index < -0.39 is 5.69 Å². The number of carbonyl (C=O) groups excluding carboxylic acids is 2. The van der Waals surface area contributed by atoms with Crippen LogP contribution in [-0.2, 0) is 16.1 Å². The lowest BCUT2D eigenvalue weighted by atomic mass is 10.4. The summed E-state index contributed by atoms with van der Waals surface area (Å²) in [5.41, 5.74) is -0.491. The van der Waals surface area contributed by atoms with Gasteiger partial charge < -0.3 is 9.80 Å². The summed E-state index contributed by atoms with van der Waals surface area (Å²) in [5.74, 6) is -0.513. The normalized spacial score (nSPS) is 10.6. The third-order valence-corrected chi connectivity index (χ3v) is 4.40. The van der Waals surface area contributed by atoms with Gasteiger partial charge in [-0.25, -0.2) is 4.79 Å². The molecule has 0 saturated carbocycles. The molecule has 0 aliphatic heterocycles. The van der Waals surface area contributed by atoms with E-state index in [1.54, 1.807) is 17.0 Å². The molecule has 10 heteroatoms. The number of hydrogen-bond acceptors (Lipinski definition) is 6. The van der Waals surface area contributed by atoms with Crippen molar-refractivity contribution >= 4 is 23.2 Å². The van der Waals surface area contributed by atoms with Crippen LogP contribution in [0.25, 0.3) is 5.00 Å². The van der Waals surface area contributed by atoms with E-state index in [0.29, 0.717) is 18.1 Å². The van der Waals surface area contributed by atoms with E-state index >= 15 is 0 Å². The van der Waals surface area contributed by atoms with Crippen LogP contribution in [0.15, 0.2) is 22.3 Å². The second-order valence-electron chi connectivity index (χ2n) is 5.10. The van der Waals surface area contributed by atoms with E-state index in [9.17, 15) is 14.4 Å². The Bertz CT molecular complexity index is 747. The topological polar surface area (TPSA) is 93.3 Å². The standard InChI is InChI=1S/C14H20N6O3S/c1-4-18(5-2)12(22)9-17(3)11(21)10-19-14(23)20(16-15-19)13-7-6-8-24-13/h6-8H,4-5,9-10H2,1-3H3. The van der Waals surface area contributed by atoms with Crippen LogP contribution in [0.5, 0.6) is 0 Å². The number of likely N-dealkylation sites (N-methyl/N-ethyl adjacent to an activating group) is 2. The minimum atomic E-state index is -0.491. The number of nitrogens with zero attached hydrogens (tertiary/aromatic N) is 6. The Hall–Kier alpha value is -2.49. The fraction of sp³-hybridized carbons (Fsp3) is 0.500. The summed E-state index contributed by atoms with van der Waals surface area (Å²) in [5, 5.41) is 9.94. The highest BCUT2D eigenvalue weighted by atomic mass is 32.1. The van der Waals surface area contributed by atoms with Crippen molar-refractivity contribution in [2.24, 2.45) is 0 Å².